The first kappa shape index (κ1) is 15.6. The van der Waals surface area contributed by atoms with Crippen LogP contribution in [0.4, 0.5) is 0 Å². The van der Waals surface area contributed by atoms with Crippen LogP contribution in [0.5, 0.6) is 11.5 Å². The van der Waals surface area contributed by atoms with Gasteiger partial charge in [-0.2, -0.15) is 0 Å². The number of methoxy groups -OCH3 is 2. The Kier molecular flexibility index (Phi) is 5.41. The minimum atomic E-state index is -0.826. The molecule has 0 spiro atoms. The van der Waals surface area contributed by atoms with E-state index < -0.39 is 5.97 Å². The van der Waals surface area contributed by atoms with Gasteiger partial charge in [-0.25, -0.2) is 0 Å². The summed E-state index contributed by atoms with van der Waals surface area (Å²) in [5.74, 6) is 0.495. The van der Waals surface area contributed by atoms with Gasteiger partial charge in [-0.15, -0.1) is 0 Å². The average Bonchev–Trinajstić information content (AvgIpc) is 2.52. The fourth-order valence-electron chi connectivity index (χ4n) is 2.53. The van der Waals surface area contributed by atoms with Crippen LogP contribution in [0.3, 0.4) is 0 Å². The van der Waals surface area contributed by atoms with Crippen molar-refractivity contribution in [1.29, 1.82) is 0 Å². The Balaban J connectivity index is 2.32. The largest absolute Gasteiger partial charge is 0.497 e. The zero-order valence-electron chi connectivity index (χ0n) is 12.4. The Labute approximate surface area is 124 Å². The van der Waals surface area contributed by atoms with Gasteiger partial charge in [0.25, 0.3) is 0 Å². The van der Waals surface area contributed by atoms with Crippen LogP contribution in [0.2, 0.25) is 0 Å². The van der Waals surface area contributed by atoms with Crippen LogP contribution < -0.4 is 9.47 Å². The summed E-state index contributed by atoms with van der Waals surface area (Å²) in [5.41, 5.74) is 0.885. The summed E-state index contributed by atoms with van der Waals surface area (Å²) in [7, 11) is 3.17. The maximum Gasteiger partial charge on any atom is 0.305 e. The van der Waals surface area contributed by atoms with Crippen LogP contribution in [0.25, 0.3) is 0 Å². The second-order valence-electron chi connectivity index (χ2n) is 4.91. The first-order valence-corrected chi connectivity index (χ1v) is 6.90. The Morgan fingerprint density at radius 3 is 2.29 bits per heavy atom. The van der Waals surface area contributed by atoms with Gasteiger partial charge in [-0.05, 0) is 17.7 Å². The van der Waals surface area contributed by atoms with Crippen molar-refractivity contribution in [2.75, 3.05) is 40.5 Å². The second-order valence-corrected chi connectivity index (χ2v) is 4.91. The fourth-order valence-corrected chi connectivity index (χ4v) is 2.53. The molecule has 1 aromatic carbocycles. The highest BCUT2D eigenvalue weighted by molar-refractivity contribution is 5.68. The molecule has 1 saturated heterocycles. The van der Waals surface area contributed by atoms with Crippen molar-refractivity contribution in [3.05, 3.63) is 23.8 Å². The van der Waals surface area contributed by atoms with Gasteiger partial charge in [-0.3, -0.25) is 9.69 Å². The van der Waals surface area contributed by atoms with Gasteiger partial charge < -0.3 is 19.3 Å². The number of nitrogens with zero attached hydrogens (tertiary/aromatic N) is 1. The molecule has 116 valence electrons. The smallest absolute Gasteiger partial charge is 0.305 e. The van der Waals surface area contributed by atoms with Gasteiger partial charge in [-0.1, -0.05) is 0 Å². The molecule has 1 aromatic rings. The van der Waals surface area contributed by atoms with Crippen molar-refractivity contribution >= 4 is 5.97 Å². The van der Waals surface area contributed by atoms with E-state index in [1.807, 2.05) is 12.1 Å². The summed E-state index contributed by atoms with van der Waals surface area (Å²) in [5, 5.41) is 9.21. The first-order chi connectivity index (χ1) is 10.1. The monoisotopic (exact) mass is 295 g/mol. The van der Waals surface area contributed by atoms with E-state index in [2.05, 4.69) is 4.90 Å². The molecule has 0 radical (unpaired) electrons. The maximum absolute atomic E-state index is 11.2. The molecule has 21 heavy (non-hydrogen) atoms. The van der Waals surface area contributed by atoms with E-state index in [0.717, 1.165) is 18.7 Å². The van der Waals surface area contributed by atoms with Gasteiger partial charge >= 0.3 is 5.97 Å². The lowest BCUT2D eigenvalue weighted by atomic mass is 10.0. The molecule has 0 saturated carbocycles. The van der Waals surface area contributed by atoms with Gasteiger partial charge in [0.05, 0.1) is 33.9 Å². The molecule has 6 heteroatoms. The highest BCUT2D eigenvalue weighted by Gasteiger charge is 2.26. The number of carbonyl (C=O) groups is 1. The lowest BCUT2D eigenvalue weighted by molar-refractivity contribution is -0.139. The van der Waals surface area contributed by atoms with Crippen molar-refractivity contribution in [1.82, 2.24) is 4.90 Å². The summed E-state index contributed by atoms with van der Waals surface area (Å²) in [6.07, 6.45) is 0.0380. The Morgan fingerprint density at radius 1 is 1.24 bits per heavy atom. The number of hydrogen-bond acceptors (Lipinski definition) is 5. The SMILES string of the molecule is COc1cc(OC)cc(C(CC(=O)O)N2CCOCC2)c1. The molecule has 1 aliphatic heterocycles. The van der Waals surface area contributed by atoms with Crippen LogP contribution in [0, 0.1) is 0 Å². The van der Waals surface area contributed by atoms with Crippen LogP contribution in [-0.2, 0) is 9.53 Å². The minimum Gasteiger partial charge on any atom is -0.497 e. The van der Waals surface area contributed by atoms with E-state index in [9.17, 15) is 9.90 Å². The highest BCUT2D eigenvalue weighted by Crippen LogP contribution is 2.31. The third-order valence-electron chi connectivity index (χ3n) is 3.61. The molecular formula is C15H21NO5. The third kappa shape index (κ3) is 4.09. The lowest BCUT2D eigenvalue weighted by Crippen LogP contribution is -2.39. The summed E-state index contributed by atoms with van der Waals surface area (Å²) in [6.45, 7) is 2.68. The van der Waals surface area contributed by atoms with Gasteiger partial charge in [0.1, 0.15) is 11.5 Å². The topological polar surface area (TPSA) is 68.2 Å². The van der Waals surface area contributed by atoms with Gasteiger partial charge in [0.2, 0.25) is 0 Å². The molecule has 1 aliphatic rings. The standard InChI is InChI=1S/C15H21NO5/c1-19-12-7-11(8-13(9-12)20-2)14(10-15(17)18)16-3-5-21-6-4-16/h7-9,14H,3-6,10H2,1-2H3,(H,17,18). The van der Waals surface area contributed by atoms with Crippen molar-refractivity contribution in [2.45, 2.75) is 12.5 Å². The molecule has 0 amide bonds. The van der Waals surface area contributed by atoms with Gasteiger partial charge in [0, 0.05) is 25.2 Å². The molecule has 0 aromatic heterocycles. The van der Waals surface area contributed by atoms with E-state index in [1.54, 1.807) is 20.3 Å². The zero-order valence-corrected chi connectivity index (χ0v) is 12.4. The number of rotatable bonds is 6. The number of morpholine rings is 1. The molecule has 1 N–H and O–H groups in total. The Bertz CT molecular complexity index is 463. The van der Waals surface area contributed by atoms with Crippen LogP contribution >= 0.6 is 0 Å². The molecule has 0 bridgehead atoms. The van der Waals surface area contributed by atoms with Crippen molar-refractivity contribution in [3.8, 4) is 11.5 Å². The molecule has 1 unspecified atom stereocenters. The number of hydrogen-bond donors (Lipinski definition) is 1. The maximum atomic E-state index is 11.2. The summed E-state index contributed by atoms with van der Waals surface area (Å²) < 4.78 is 15.9. The van der Waals surface area contributed by atoms with E-state index in [1.165, 1.54) is 0 Å². The fraction of sp³-hybridized carbons (Fsp3) is 0.533. The third-order valence-corrected chi connectivity index (χ3v) is 3.61. The quantitative estimate of drug-likeness (QED) is 0.859. The Hall–Kier alpha value is -1.79. The van der Waals surface area contributed by atoms with Crippen molar-refractivity contribution in [2.24, 2.45) is 0 Å². The molecule has 6 nitrogen and oxygen atoms in total. The molecule has 1 atom stereocenters. The van der Waals surface area contributed by atoms with Crippen LogP contribution in [0.15, 0.2) is 18.2 Å². The molecule has 2 rings (SSSR count). The Morgan fingerprint density at radius 2 is 1.81 bits per heavy atom. The first-order valence-electron chi connectivity index (χ1n) is 6.90. The average molecular weight is 295 g/mol. The van der Waals surface area contributed by atoms with Crippen molar-refractivity contribution in [3.63, 3.8) is 0 Å². The summed E-state index contributed by atoms with van der Waals surface area (Å²) in [6, 6.07) is 5.30. The van der Waals surface area contributed by atoms with Gasteiger partial charge in [0.15, 0.2) is 0 Å². The van der Waals surface area contributed by atoms with E-state index in [4.69, 9.17) is 14.2 Å². The number of carboxylic acids is 1. The molecular weight excluding hydrogens is 274 g/mol. The molecule has 1 fully saturated rings. The van der Waals surface area contributed by atoms with E-state index in [-0.39, 0.29) is 12.5 Å². The number of benzene rings is 1. The molecule has 0 aliphatic carbocycles. The zero-order chi connectivity index (χ0) is 15.2. The minimum absolute atomic E-state index is 0.0380. The van der Waals surface area contributed by atoms with E-state index in [0.29, 0.717) is 24.7 Å². The summed E-state index contributed by atoms with van der Waals surface area (Å²) in [4.78, 5) is 13.3. The number of aliphatic carboxylic acids is 1. The predicted octanol–water partition coefficient (Wildman–Crippen LogP) is 1.55. The number of carboxylic acid groups (broad SMARTS) is 1. The normalized spacial score (nSPS) is 17.2. The predicted molar refractivity (Wildman–Crippen MR) is 76.9 cm³/mol. The highest BCUT2D eigenvalue weighted by atomic mass is 16.5. The summed E-state index contributed by atoms with van der Waals surface area (Å²) >= 11 is 0. The number of ether oxygens (including phenoxy) is 3. The van der Waals surface area contributed by atoms with Crippen LogP contribution in [-0.4, -0.2) is 56.5 Å². The molecule has 1 heterocycles. The van der Waals surface area contributed by atoms with Crippen LogP contribution in [0.1, 0.15) is 18.0 Å². The lowest BCUT2D eigenvalue weighted by Gasteiger charge is -2.34. The van der Waals surface area contributed by atoms with E-state index >= 15 is 0 Å². The second kappa shape index (κ2) is 7.28. The van der Waals surface area contributed by atoms with Crippen molar-refractivity contribution < 1.29 is 24.1 Å².